The molecule has 0 fully saturated rings. The Morgan fingerprint density at radius 2 is 1.88 bits per heavy atom. The van der Waals surface area contributed by atoms with E-state index in [2.05, 4.69) is 15.6 Å². The van der Waals surface area contributed by atoms with Gasteiger partial charge in [-0.1, -0.05) is 20.8 Å². The van der Waals surface area contributed by atoms with Crippen molar-refractivity contribution in [1.29, 1.82) is 0 Å². The van der Waals surface area contributed by atoms with Crippen molar-refractivity contribution in [2.45, 2.75) is 27.2 Å². The van der Waals surface area contributed by atoms with Gasteiger partial charge >= 0.3 is 0 Å². The molecule has 0 aliphatic rings. The molecular formula is C16H17F2N3O2S. The lowest BCUT2D eigenvalue weighted by molar-refractivity contribution is -0.117. The molecule has 0 spiro atoms. The number of nitrogens with one attached hydrogen (secondary N) is 2. The molecule has 24 heavy (non-hydrogen) atoms. The minimum absolute atomic E-state index is 0.153. The van der Waals surface area contributed by atoms with Crippen LogP contribution in [0.1, 0.15) is 37.6 Å². The molecule has 128 valence electrons. The van der Waals surface area contributed by atoms with E-state index < -0.39 is 29.0 Å². The fourth-order valence-corrected chi connectivity index (χ4v) is 2.47. The van der Waals surface area contributed by atoms with Crippen molar-refractivity contribution in [3.05, 3.63) is 40.9 Å². The van der Waals surface area contributed by atoms with E-state index >= 15 is 0 Å². The summed E-state index contributed by atoms with van der Waals surface area (Å²) in [5.41, 5.74) is -1.05. The number of carbonyl (C=O) groups excluding carboxylic acids is 2. The summed E-state index contributed by atoms with van der Waals surface area (Å²) in [7, 11) is 0. The Morgan fingerprint density at radius 1 is 1.17 bits per heavy atom. The molecular weight excluding hydrogens is 336 g/mol. The third-order valence-electron chi connectivity index (χ3n) is 2.94. The maximum Gasteiger partial charge on any atom is 0.260 e. The van der Waals surface area contributed by atoms with Crippen molar-refractivity contribution in [1.82, 2.24) is 4.98 Å². The normalized spacial score (nSPS) is 11.2. The molecule has 0 aliphatic carbocycles. The molecule has 8 heteroatoms. The van der Waals surface area contributed by atoms with E-state index in [0.29, 0.717) is 0 Å². The SMILES string of the molecule is CC(C)(C)CC(=O)Nc1ccc(C(=O)Nc2nccs2)c(F)c1F. The van der Waals surface area contributed by atoms with E-state index in [4.69, 9.17) is 0 Å². The number of hydrogen-bond donors (Lipinski definition) is 2. The molecule has 2 rings (SSSR count). The van der Waals surface area contributed by atoms with Gasteiger partial charge in [0.05, 0.1) is 11.3 Å². The zero-order valence-electron chi connectivity index (χ0n) is 13.4. The quantitative estimate of drug-likeness (QED) is 0.871. The maximum atomic E-state index is 14.1. The van der Waals surface area contributed by atoms with Gasteiger partial charge in [0, 0.05) is 18.0 Å². The van der Waals surface area contributed by atoms with E-state index in [0.717, 1.165) is 23.5 Å². The lowest BCUT2D eigenvalue weighted by Crippen LogP contribution is -2.21. The van der Waals surface area contributed by atoms with Crippen LogP contribution < -0.4 is 10.6 Å². The van der Waals surface area contributed by atoms with E-state index in [1.165, 1.54) is 6.20 Å². The summed E-state index contributed by atoms with van der Waals surface area (Å²) in [6, 6.07) is 2.28. The highest BCUT2D eigenvalue weighted by molar-refractivity contribution is 7.13. The van der Waals surface area contributed by atoms with E-state index in [-0.39, 0.29) is 22.7 Å². The average Bonchev–Trinajstić information content (AvgIpc) is 2.94. The van der Waals surface area contributed by atoms with Gasteiger partial charge in [0.1, 0.15) is 0 Å². The molecule has 1 heterocycles. The van der Waals surface area contributed by atoms with Gasteiger partial charge < -0.3 is 5.32 Å². The Bertz CT molecular complexity index is 755. The number of halogens is 2. The summed E-state index contributed by atoms with van der Waals surface area (Å²) in [6.07, 6.45) is 1.63. The van der Waals surface area contributed by atoms with Crippen LogP contribution in [0.15, 0.2) is 23.7 Å². The molecule has 1 aromatic carbocycles. The number of benzene rings is 1. The fourth-order valence-electron chi connectivity index (χ4n) is 1.95. The first kappa shape index (κ1) is 18.0. The molecule has 2 amide bonds. The van der Waals surface area contributed by atoms with Crippen molar-refractivity contribution in [3.63, 3.8) is 0 Å². The highest BCUT2D eigenvalue weighted by atomic mass is 32.1. The van der Waals surface area contributed by atoms with E-state index in [1.807, 2.05) is 20.8 Å². The van der Waals surface area contributed by atoms with Crippen molar-refractivity contribution in [2.24, 2.45) is 5.41 Å². The molecule has 0 atom stereocenters. The van der Waals surface area contributed by atoms with Crippen LogP contribution in [0.5, 0.6) is 0 Å². The van der Waals surface area contributed by atoms with Crippen LogP contribution in [-0.4, -0.2) is 16.8 Å². The highest BCUT2D eigenvalue weighted by Gasteiger charge is 2.22. The Hall–Kier alpha value is -2.35. The topological polar surface area (TPSA) is 71.1 Å². The van der Waals surface area contributed by atoms with Gasteiger partial charge in [-0.3, -0.25) is 14.9 Å². The first-order chi connectivity index (χ1) is 11.2. The Balaban J connectivity index is 2.16. The van der Waals surface area contributed by atoms with Crippen LogP contribution in [0.2, 0.25) is 0 Å². The fraction of sp³-hybridized carbons (Fsp3) is 0.312. The zero-order valence-corrected chi connectivity index (χ0v) is 14.3. The lowest BCUT2D eigenvalue weighted by Gasteiger charge is -2.17. The largest absolute Gasteiger partial charge is 0.323 e. The number of hydrogen-bond acceptors (Lipinski definition) is 4. The van der Waals surface area contributed by atoms with Gasteiger partial charge in [-0.25, -0.2) is 13.8 Å². The predicted molar refractivity (Wildman–Crippen MR) is 89.1 cm³/mol. The highest BCUT2D eigenvalue weighted by Crippen LogP contribution is 2.24. The van der Waals surface area contributed by atoms with Crippen LogP contribution in [0.3, 0.4) is 0 Å². The van der Waals surface area contributed by atoms with Crippen molar-refractivity contribution >= 4 is 34.0 Å². The number of aromatic nitrogens is 1. The number of carbonyl (C=O) groups is 2. The second-order valence-electron chi connectivity index (χ2n) is 6.37. The average molecular weight is 353 g/mol. The minimum atomic E-state index is -1.32. The van der Waals surface area contributed by atoms with Gasteiger partial charge in [-0.15, -0.1) is 11.3 Å². The lowest BCUT2D eigenvalue weighted by atomic mass is 9.92. The van der Waals surface area contributed by atoms with Crippen molar-refractivity contribution in [3.8, 4) is 0 Å². The Morgan fingerprint density at radius 3 is 2.46 bits per heavy atom. The monoisotopic (exact) mass is 353 g/mol. The minimum Gasteiger partial charge on any atom is -0.323 e. The summed E-state index contributed by atoms with van der Waals surface area (Å²) in [6.45, 7) is 5.57. The first-order valence-corrected chi connectivity index (χ1v) is 8.04. The summed E-state index contributed by atoms with van der Waals surface area (Å²) < 4.78 is 28.2. The number of thiazole rings is 1. The van der Waals surface area contributed by atoms with Gasteiger partial charge in [0.2, 0.25) is 5.91 Å². The van der Waals surface area contributed by atoms with Crippen LogP contribution >= 0.6 is 11.3 Å². The summed E-state index contributed by atoms with van der Waals surface area (Å²) in [5.74, 6) is -3.84. The molecule has 0 saturated carbocycles. The second kappa shape index (κ2) is 7.04. The first-order valence-electron chi connectivity index (χ1n) is 7.16. The molecule has 0 radical (unpaired) electrons. The van der Waals surface area contributed by atoms with Crippen LogP contribution in [0, 0.1) is 17.0 Å². The van der Waals surface area contributed by atoms with Gasteiger partial charge in [-0.05, 0) is 17.5 Å². The van der Waals surface area contributed by atoms with Crippen molar-refractivity contribution < 1.29 is 18.4 Å². The number of rotatable bonds is 4. The van der Waals surface area contributed by atoms with Gasteiger partial charge in [0.15, 0.2) is 16.8 Å². The summed E-state index contributed by atoms with van der Waals surface area (Å²) in [5, 5.41) is 6.61. The predicted octanol–water partition coefficient (Wildman–Crippen LogP) is 4.05. The summed E-state index contributed by atoms with van der Waals surface area (Å²) in [4.78, 5) is 27.6. The van der Waals surface area contributed by atoms with Gasteiger partial charge in [-0.2, -0.15) is 0 Å². The van der Waals surface area contributed by atoms with Crippen LogP contribution in [-0.2, 0) is 4.79 Å². The van der Waals surface area contributed by atoms with E-state index in [1.54, 1.807) is 5.38 Å². The second-order valence-corrected chi connectivity index (χ2v) is 7.26. The van der Waals surface area contributed by atoms with E-state index in [9.17, 15) is 18.4 Å². The maximum absolute atomic E-state index is 14.1. The Kier molecular flexibility index (Phi) is 5.28. The molecule has 1 aromatic heterocycles. The molecule has 0 saturated heterocycles. The summed E-state index contributed by atoms with van der Waals surface area (Å²) >= 11 is 1.16. The molecule has 2 N–H and O–H groups in total. The zero-order chi connectivity index (χ0) is 17.9. The molecule has 0 aliphatic heterocycles. The Labute approximate surface area is 142 Å². The van der Waals surface area contributed by atoms with Crippen molar-refractivity contribution in [2.75, 3.05) is 10.6 Å². The van der Waals surface area contributed by atoms with Gasteiger partial charge in [0.25, 0.3) is 5.91 Å². The standard InChI is InChI=1S/C16H17F2N3O2S/c1-16(2,3)8-11(22)20-10-5-4-9(12(17)13(10)18)14(23)21-15-19-6-7-24-15/h4-7H,8H2,1-3H3,(H,20,22)(H,19,21,23). The number of amides is 2. The van der Waals surface area contributed by atoms with Crippen LogP contribution in [0.4, 0.5) is 19.6 Å². The third-order valence-corrected chi connectivity index (χ3v) is 3.63. The number of anilines is 2. The molecule has 0 unspecified atom stereocenters. The third kappa shape index (κ3) is 4.58. The smallest absolute Gasteiger partial charge is 0.260 e. The molecule has 5 nitrogen and oxygen atoms in total. The number of nitrogens with zero attached hydrogens (tertiary/aromatic N) is 1. The molecule has 0 bridgehead atoms. The molecule has 2 aromatic rings. The van der Waals surface area contributed by atoms with Crippen LogP contribution in [0.25, 0.3) is 0 Å².